The van der Waals surface area contributed by atoms with Gasteiger partial charge in [0.05, 0.1) is 13.2 Å². The average molecular weight is 259 g/mol. The molecule has 102 valence electrons. The second-order valence-corrected chi connectivity index (χ2v) is 4.38. The van der Waals surface area contributed by atoms with Gasteiger partial charge in [0.2, 0.25) is 0 Å². The zero-order valence-corrected chi connectivity index (χ0v) is 11.6. The number of aryl methyl sites for hydroxylation is 1. The van der Waals surface area contributed by atoms with Crippen LogP contribution in [0.15, 0.2) is 36.7 Å². The van der Waals surface area contributed by atoms with Crippen molar-refractivity contribution in [2.24, 2.45) is 0 Å². The van der Waals surface area contributed by atoms with Crippen molar-refractivity contribution in [1.82, 2.24) is 9.55 Å². The summed E-state index contributed by atoms with van der Waals surface area (Å²) in [5.41, 5.74) is 2.43. The van der Waals surface area contributed by atoms with Crippen molar-refractivity contribution in [3.63, 3.8) is 0 Å². The Morgan fingerprint density at radius 2 is 2.16 bits per heavy atom. The first-order chi connectivity index (χ1) is 9.35. The molecular formula is C15H21N3O. The highest BCUT2D eigenvalue weighted by Crippen LogP contribution is 2.16. The minimum absolute atomic E-state index is 0.738. The lowest BCUT2D eigenvalue weighted by Gasteiger charge is -2.12. The van der Waals surface area contributed by atoms with Gasteiger partial charge in [-0.3, -0.25) is 0 Å². The normalized spacial score (nSPS) is 10.6. The molecule has 0 radical (unpaired) electrons. The van der Waals surface area contributed by atoms with E-state index in [4.69, 9.17) is 4.74 Å². The number of hydrogen-bond acceptors (Lipinski definition) is 3. The first-order valence-corrected chi connectivity index (χ1v) is 6.66. The lowest BCUT2D eigenvalue weighted by molar-refractivity contribution is 0.202. The summed E-state index contributed by atoms with van der Waals surface area (Å²) in [5.74, 6) is 1.06. The fourth-order valence-corrected chi connectivity index (χ4v) is 2.09. The standard InChI is InChI=1S/C15H21N3O/c1-3-18-10-9-16-15(18)12-17-14-7-5-4-6-13(14)8-11-19-2/h4-7,9-10,17H,3,8,11-12H2,1-2H3. The lowest BCUT2D eigenvalue weighted by atomic mass is 10.1. The number of imidazole rings is 1. The molecule has 4 nitrogen and oxygen atoms in total. The summed E-state index contributed by atoms with van der Waals surface area (Å²) in [6.07, 6.45) is 4.77. The number of benzene rings is 1. The Labute approximate surface area is 114 Å². The van der Waals surface area contributed by atoms with Gasteiger partial charge in [-0.05, 0) is 25.0 Å². The molecule has 0 fully saturated rings. The van der Waals surface area contributed by atoms with E-state index in [1.54, 1.807) is 7.11 Å². The van der Waals surface area contributed by atoms with Crippen molar-refractivity contribution in [2.45, 2.75) is 26.4 Å². The summed E-state index contributed by atoms with van der Waals surface area (Å²) in [4.78, 5) is 4.37. The van der Waals surface area contributed by atoms with Gasteiger partial charge in [-0.25, -0.2) is 4.98 Å². The number of hydrogen-bond donors (Lipinski definition) is 1. The molecule has 0 spiro atoms. The summed E-state index contributed by atoms with van der Waals surface area (Å²) >= 11 is 0. The molecule has 0 amide bonds. The van der Waals surface area contributed by atoms with Crippen LogP contribution in [0.4, 0.5) is 5.69 Å². The van der Waals surface area contributed by atoms with Gasteiger partial charge < -0.3 is 14.6 Å². The fourth-order valence-electron chi connectivity index (χ4n) is 2.09. The molecule has 1 heterocycles. The minimum atomic E-state index is 0.738. The van der Waals surface area contributed by atoms with Crippen molar-refractivity contribution in [2.75, 3.05) is 19.0 Å². The van der Waals surface area contributed by atoms with Gasteiger partial charge in [-0.2, -0.15) is 0 Å². The highest BCUT2D eigenvalue weighted by Gasteiger charge is 2.04. The van der Waals surface area contributed by atoms with Crippen molar-refractivity contribution >= 4 is 5.69 Å². The number of para-hydroxylation sites is 1. The summed E-state index contributed by atoms with van der Waals surface area (Å²) in [6, 6.07) is 8.34. The van der Waals surface area contributed by atoms with Crippen LogP contribution in [-0.2, 0) is 24.2 Å². The highest BCUT2D eigenvalue weighted by molar-refractivity contribution is 5.51. The first-order valence-electron chi connectivity index (χ1n) is 6.66. The van der Waals surface area contributed by atoms with Crippen LogP contribution >= 0.6 is 0 Å². The summed E-state index contributed by atoms with van der Waals surface area (Å²) in [6.45, 7) is 4.55. The molecule has 0 saturated carbocycles. The van der Waals surface area contributed by atoms with Crippen molar-refractivity contribution in [1.29, 1.82) is 0 Å². The second-order valence-electron chi connectivity index (χ2n) is 4.38. The average Bonchev–Trinajstić information content (AvgIpc) is 2.91. The molecule has 1 aromatic carbocycles. The maximum atomic E-state index is 5.14. The van der Waals surface area contributed by atoms with Crippen LogP contribution in [0.1, 0.15) is 18.3 Å². The molecule has 2 rings (SSSR count). The topological polar surface area (TPSA) is 39.1 Å². The monoisotopic (exact) mass is 259 g/mol. The van der Waals surface area contributed by atoms with E-state index in [0.29, 0.717) is 0 Å². The number of anilines is 1. The third kappa shape index (κ3) is 3.58. The molecule has 0 unspecified atom stereocenters. The molecule has 0 aliphatic heterocycles. The Balaban J connectivity index is 2.02. The minimum Gasteiger partial charge on any atom is -0.384 e. The van der Waals surface area contributed by atoms with E-state index in [9.17, 15) is 0 Å². The maximum Gasteiger partial charge on any atom is 0.128 e. The fraction of sp³-hybridized carbons (Fsp3) is 0.400. The third-order valence-electron chi connectivity index (χ3n) is 3.17. The Kier molecular flexibility index (Phi) is 4.98. The predicted octanol–water partition coefficient (Wildman–Crippen LogP) is 2.70. The Bertz CT molecular complexity index is 508. The van der Waals surface area contributed by atoms with E-state index in [1.807, 2.05) is 18.5 Å². The highest BCUT2D eigenvalue weighted by atomic mass is 16.5. The van der Waals surface area contributed by atoms with Crippen LogP contribution in [0, 0.1) is 0 Å². The van der Waals surface area contributed by atoms with Crippen LogP contribution in [0.3, 0.4) is 0 Å². The van der Waals surface area contributed by atoms with Crippen molar-refractivity contribution < 1.29 is 4.74 Å². The Morgan fingerprint density at radius 3 is 2.95 bits per heavy atom. The van der Waals surface area contributed by atoms with Crippen LogP contribution in [0.2, 0.25) is 0 Å². The van der Waals surface area contributed by atoms with Gasteiger partial charge in [-0.1, -0.05) is 18.2 Å². The number of ether oxygens (including phenoxy) is 1. The van der Waals surface area contributed by atoms with E-state index >= 15 is 0 Å². The van der Waals surface area contributed by atoms with Gasteiger partial charge >= 0.3 is 0 Å². The summed E-state index contributed by atoms with van der Waals surface area (Å²) < 4.78 is 7.29. The van der Waals surface area contributed by atoms with Crippen LogP contribution in [0.5, 0.6) is 0 Å². The number of nitrogens with zero attached hydrogens (tertiary/aromatic N) is 2. The summed E-state index contributed by atoms with van der Waals surface area (Å²) in [5, 5.41) is 3.46. The van der Waals surface area contributed by atoms with Crippen LogP contribution < -0.4 is 5.32 Å². The molecule has 1 aromatic heterocycles. The van der Waals surface area contributed by atoms with E-state index in [2.05, 4.69) is 40.0 Å². The number of aromatic nitrogens is 2. The largest absolute Gasteiger partial charge is 0.384 e. The van der Waals surface area contributed by atoms with Gasteiger partial charge in [-0.15, -0.1) is 0 Å². The van der Waals surface area contributed by atoms with E-state index in [-0.39, 0.29) is 0 Å². The molecule has 0 aliphatic carbocycles. The molecule has 0 atom stereocenters. The predicted molar refractivity (Wildman–Crippen MR) is 77.2 cm³/mol. The summed E-state index contributed by atoms with van der Waals surface area (Å²) in [7, 11) is 1.73. The lowest BCUT2D eigenvalue weighted by Crippen LogP contribution is -2.09. The molecule has 2 aromatic rings. The van der Waals surface area contributed by atoms with Crippen LogP contribution in [-0.4, -0.2) is 23.3 Å². The molecule has 0 aliphatic rings. The quantitative estimate of drug-likeness (QED) is 0.831. The van der Waals surface area contributed by atoms with E-state index in [1.165, 1.54) is 5.56 Å². The zero-order chi connectivity index (χ0) is 13.5. The van der Waals surface area contributed by atoms with Gasteiger partial charge in [0, 0.05) is 31.7 Å². The molecule has 0 saturated heterocycles. The molecule has 1 N–H and O–H groups in total. The Morgan fingerprint density at radius 1 is 1.32 bits per heavy atom. The first kappa shape index (κ1) is 13.6. The molecule has 19 heavy (non-hydrogen) atoms. The van der Waals surface area contributed by atoms with E-state index < -0.39 is 0 Å². The Hall–Kier alpha value is -1.81. The molecule has 4 heteroatoms. The van der Waals surface area contributed by atoms with Crippen LogP contribution in [0.25, 0.3) is 0 Å². The zero-order valence-electron chi connectivity index (χ0n) is 11.6. The van der Waals surface area contributed by atoms with Gasteiger partial charge in [0.1, 0.15) is 5.82 Å². The van der Waals surface area contributed by atoms with Gasteiger partial charge in [0.25, 0.3) is 0 Å². The number of methoxy groups -OCH3 is 1. The van der Waals surface area contributed by atoms with E-state index in [0.717, 1.165) is 37.6 Å². The number of nitrogens with one attached hydrogen (secondary N) is 1. The van der Waals surface area contributed by atoms with Gasteiger partial charge in [0.15, 0.2) is 0 Å². The van der Waals surface area contributed by atoms with Crippen molar-refractivity contribution in [3.8, 4) is 0 Å². The number of rotatable bonds is 7. The second kappa shape index (κ2) is 6.95. The third-order valence-corrected chi connectivity index (χ3v) is 3.17. The maximum absolute atomic E-state index is 5.14. The van der Waals surface area contributed by atoms with Crippen molar-refractivity contribution in [3.05, 3.63) is 48.0 Å². The smallest absolute Gasteiger partial charge is 0.128 e. The molecular weight excluding hydrogens is 238 g/mol. The SMILES string of the molecule is CCn1ccnc1CNc1ccccc1CCOC. The molecule has 0 bridgehead atoms.